The van der Waals surface area contributed by atoms with Crippen LogP contribution in [0, 0.1) is 5.92 Å². The second-order valence-electron chi connectivity index (χ2n) is 5.06. The Morgan fingerprint density at radius 1 is 1.29 bits per heavy atom. The van der Waals surface area contributed by atoms with E-state index in [2.05, 4.69) is 18.2 Å². The molecule has 0 aromatic heterocycles. The molecule has 1 heterocycles. The van der Waals surface area contributed by atoms with Crippen LogP contribution in [0.25, 0.3) is 0 Å². The average molecular weight is 250 g/mol. The van der Waals surface area contributed by atoms with Crippen LogP contribution in [0.2, 0.25) is 0 Å². The number of carbonyl (C=O) groups is 1. The minimum atomic E-state index is 0.226. The maximum Gasteiger partial charge on any atom is 0.227 e. The molecule has 90 valence electrons. The summed E-state index contributed by atoms with van der Waals surface area (Å²) in [5.41, 5.74) is 2.46. The van der Waals surface area contributed by atoms with Gasteiger partial charge in [-0.3, -0.25) is 4.79 Å². The van der Waals surface area contributed by atoms with E-state index in [1.165, 1.54) is 18.4 Å². The van der Waals surface area contributed by atoms with Gasteiger partial charge in [-0.25, -0.2) is 0 Å². The minimum absolute atomic E-state index is 0.226. The predicted octanol–water partition coefficient (Wildman–Crippen LogP) is 3.16. The number of benzene rings is 1. The number of nitrogens with zero attached hydrogens (tertiary/aromatic N) is 1. The zero-order chi connectivity index (χ0) is 11.8. The fourth-order valence-corrected chi connectivity index (χ4v) is 2.80. The monoisotopic (exact) mass is 249 g/mol. The Bertz CT molecular complexity index is 442. The molecule has 0 N–H and O–H groups in total. The normalized spacial score (nSPS) is 24.4. The number of halogens is 1. The van der Waals surface area contributed by atoms with E-state index in [0.717, 1.165) is 12.2 Å². The highest BCUT2D eigenvalue weighted by Gasteiger charge is 2.34. The molecule has 1 atom stereocenters. The van der Waals surface area contributed by atoms with Gasteiger partial charge in [-0.1, -0.05) is 18.2 Å². The van der Waals surface area contributed by atoms with E-state index < -0.39 is 0 Å². The van der Waals surface area contributed by atoms with E-state index in [1.807, 2.05) is 11.0 Å². The zero-order valence-electron chi connectivity index (χ0n) is 9.73. The van der Waals surface area contributed by atoms with Crippen molar-refractivity contribution in [3.63, 3.8) is 0 Å². The summed E-state index contributed by atoms with van der Waals surface area (Å²) >= 11 is 5.86. The van der Waals surface area contributed by atoms with Gasteiger partial charge in [-0.2, -0.15) is 0 Å². The molecule has 1 amide bonds. The standard InChI is InChI=1S/C14H16ClNO/c15-8-10-7-14(17)16(9-10)13-4-2-1-3-12(13)11-5-6-11/h1-4,10-11H,5-9H2. The summed E-state index contributed by atoms with van der Waals surface area (Å²) in [5.74, 6) is 1.79. The zero-order valence-corrected chi connectivity index (χ0v) is 10.5. The van der Waals surface area contributed by atoms with Gasteiger partial charge in [0.15, 0.2) is 0 Å². The van der Waals surface area contributed by atoms with Crippen molar-refractivity contribution in [2.75, 3.05) is 17.3 Å². The van der Waals surface area contributed by atoms with E-state index in [0.29, 0.717) is 24.1 Å². The van der Waals surface area contributed by atoms with Gasteiger partial charge in [0.25, 0.3) is 0 Å². The number of anilines is 1. The number of carbonyl (C=O) groups excluding carboxylic acids is 1. The first-order valence-corrected chi connectivity index (χ1v) is 6.78. The summed E-state index contributed by atoms with van der Waals surface area (Å²) in [6.07, 6.45) is 3.12. The van der Waals surface area contributed by atoms with Crippen LogP contribution in [-0.4, -0.2) is 18.3 Å². The van der Waals surface area contributed by atoms with Crippen LogP contribution in [0.4, 0.5) is 5.69 Å². The van der Waals surface area contributed by atoms with Gasteiger partial charge in [0.05, 0.1) is 0 Å². The van der Waals surface area contributed by atoms with Gasteiger partial charge in [0.1, 0.15) is 0 Å². The van der Waals surface area contributed by atoms with Crippen molar-refractivity contribution < 1.29 is 4.79 Å². The number of hydrogen-bond donors (Lipinski definition) is 0. The van der Waals surface area contributed by atoms with Crippen molar-refractivity contribution in [2.45, 2.75) is 25.2 Å². The Morgan fingerprint density at radius 3 is 2.71 bits per heavy atom. The number of para-hydroxylation sites is 1. The maximum atomic E-state index is 12.0. The van der Waals surface area contributed by atoms with Crippen molar-refractivity contribution in [1.82, 2.24) is 0 Å². The maximum absolute atomic E-state index is 12.0. The smallest absolute Gasteiger partial charge is 0.227 e. The summed E-state index contributed by atoms with van der Waals surface area (Å²) in [6, 6.07) is 8.32. The molecule has 3 heteroatoms. The molecule has 0 spiro atoms. The third kappa shape index (κ3) is 2.06. The Balaban J connectivity index is 1.91. The third-order valence-corrected chi connectivity index (χ3v) is 4.10. The molecule has 1 aromatic carbocycles. The van der Waals surface area contributed by atoms with Gasteiger partial charge in [0, 0.05) is 24.5 Å². The first-order chi connectivity index (χ1) is 8.29. The predicted molar refractivity (Wildman–Crippen MR) is 69.6 cm³/mol. The van der Waals surface area contributed by atoms with Gasteiger partial charge >= 0.3 is 0 Å². The van der Waals surface area contributed by atoms with E-state index >= 15 is 0 Å². The second kappa shape index (κ2) is 4.34. The van der Waals surface area contributed by atoms with E-state index in [4.69, 9.17) is 11.6 Å². The van der Waals surface area contributed by atoms with Gasteiger partial charge < -0.3 is 4.90 Å². The van der Waals surface area contributed by atoms with Crippen molar-refractivity contribution in [1.29, 1.82) is 0 Å². The first kappa shape index (κ1) is 11.1. The van der Waals surface area contributed by atoms with Crippen molar-refractivity contribution in [3.8, 4) is 0 Å². The van der Waals surface area contributed by atoms with Crippen LogP contribution >= 0.6 is 11.6 Å². The summed E-state index contributed by atoms with van der Waals surface area (Å²) < 4.78 is 0. The fourth-order valence-electron chi connectivity index (χ4n) is 2.59. The average Bonchev–Trinajstić information content (AvgIpc) is 3.13. The molecule has 1 saturated carbocycles. The van der Waals surface area contributed by atoms with Crippen molar-refractivity contribution in [2.24, 2.45) is 5.92 Å². The van der Waals surface area contributed by atoms with Gasteiger partial charge in [-0.05, 0) is 36.3 Å². The van der Waals surface area contributed by atoms with Crippen molar-refractivity contribution in [3.05, 3.63) is 29.8 Å². The highest BCUT2D eigenvalue weighted by molar-refractivity contribution is 6.18. The summed E-state index contributed by atoms with van der Waals surface area (Å²) in [7, 11) is 0. The van der Waals surface area contributed by atoms with E-state index in [9.17, 15) is 4.79 Å². The number of hydrogen-bond acceptors (Lipinski definition) is 1. The Hall–Kier alpha value is -1.02. The van der Waals surface area contributed by atoms with Crippen LogP contribution in [-0.2, 0) is 4.79 Å². The molecule has 1 aliphatic carbocycles. The lowest BCUT2D eigenvalue weighted by molar-refractivity contribution is -0.117. The Labute approximate surface area is 107 Å². The largest absolute Gasteiger partial charge is 0.312 e. The number of rotatable bonds is 3. The molecule has 2 fully saturated rings. The molecule has 17 heavy (non-hydrogen) atoms. The molecule has 0 radical (unpaired) electrons. The lowest BCUT2D eigenvalue weighted by Crippen LogP contribution is -2.25. The molecular formula is C14H16ClNO. The van der Waals surface area contributed by atoms with Crippen molar-refractivity contribution >= 4 is 23.2 Å². The summed E-state index contributed by atoms with van der Waals surface area (Å²) in [4.78, 5) is 13.9. The molecule has 0 bridgehead atoms. The highest BCUT2D eigenvalue weighted by Crippen LogP contribution is 2.45. The summed E-state index contributed by atoms with van der Waals surface area (Å²) in [5, 5.41) is 0. The molecule has 2 aliphatic rings. The number of amides is 1. The third-order valence-electron chi connectivity index (χ3n) is 3.67. The summed E-state index contributed by atoms with van der Waals surface area (Å²) in [6.45, 7) is 0.784. The lowest BCUT2D eigenvalue weighted by Gasteiger charge is -2.20. The topological polar surface area (TPSA) is 20.3 Å². The van der Waals surface area contributed by atoms with E-state index in [1.54, 1.807) is 0 Å². The van der Waals surface area contributed by atoms with E-state index in [-0.39, 0.29) is 5.91 Å². The molecule has 3 rings (SSSR count). The first-order valence-electron chi connectivity index (χ1n) is 6.25. The van der Waals surface area contributed by atoms with Crippen LogP contribution in [0.5, 0.6) is 0 Å². The minimum Gasteiger partial charge on any atom is -0.312 e. The van der Waals surface area contributed by atoms with Crippen LogP contribution in [0.1, 0.15) is 30.7 Å². The van der Waals surface area contributed by atoms with Crippen LogP contribution in [0.15, 0.2) is 24.3 Å². The Kier molecular flexibility index (Phi) is 2.83. The molecule has 1 saturated heterocycles. The molecule has 1 unspecified atom stereocenters. The van der Waals surface area contributed by atoms with Gasteiger partial charge in [0.2, 0.25) is 5.91 Å². The fraction of sp³-hybridized carbons (Fsp3) is 0.500. The highest BCUT2D eigenvalue weighted by atomic mass is 35.5. The Morgan fingerprint density at radius 2 is 2.06 bits per heavy atom. The van der Waals surface area contributed by atoms with Crippen LogP contribution in [0.3, 0.4) is 0 Å². The molecular weight excluding hydrogens is 234 g/mol. The van der Waals surface area contributed by atoms with Gasteiger partial charge in [-0.15, -0.1) is 11.6 Å². The SMILES string of the molecule is O=C1CC(CCl)CN1c1ccccc1C1CC1. The second-order valence-corrected chi connectivity index (χ2v) is 5.37. The molecule has 2 nitrogen and oxygen atoms in total. The molecule has 1 aromatic rings. The van der Waals surface area contributed by atoms with Crippen LogP contribution < -0.4 is 4.90 Å². The lowest BCUT2D eigenvalue weighted by atomic mass is 10.1. The molecule has 1 aliphatic heterocycles. The number of alkyl halides is 1. The quantitative estimate of drug-likeness (QED) is 0.754.